The molecule has 1 unspecified atom stereocenters. The topological polar surface area (TPSA) is 46.6 Å². The maximum atomic E-state index is 6.11. The number of nitrogens with zero attached hydrogens (tertiary/aromatic N) is 3. The van der Waals surface area contributed by atoms with Crippen molar-refractivity contribution >= 4 is 22.1 Å². The van der Waals surface area contributed by atoms with Gasteiger partial charge in [-0.2, -0.15) is 0 Å². The highest BCUT2D eigenvalue weighted by Gasteiger charge is 2.17. The van der Waals surface area contributed by atoms with Crippen LogP contribution in [0, 0.1) is 0 Å². The van der Waals surface area contributed by atoms with Gasteiger partial charge in [-0.25, -0.2) is 4.98 Å². The fourth-order valence-electron chi connectivity index (χ4n) is 2.15. The highest BCUT2D eigenvalue weighted by Crippen LogP contribution is 2.25. The summed E-state index contributed by atoms with van der Waals surface area (Å²) in [6.45, 7) is 5.34. The molecule has 0 aliphatic carbocycles. The molecular weight excluding hydrogens is 244 g/mol. The van der Waals surface area contributed by atoms with E-state index in [4.69, 9.17) is 10.7 Å². The molecule has 100 valence electrons. The fourth-order valence-corrected chi connectivity index (χ4v) is 2.88. The maximum Gasteiger partial charge on any atom is 0.195 e. The molecule has 2 N–H and O–H groups in total. The molecule has 2 aromatic heterocycles. The Morgan fingerprint density at radius 3 is 2.94 bits per heavy atom. The van der Waals surface area contributed by atoms with E-state index < -0.39 is 0 Å². The van der Waals surface area contributed by atoms with Gasteiger partial charge in [0.2, 0.25) is 0 Å². The zero-order valence-corrected chi connectivity index (χ0v) is 12.2. The number of nitrogens with two attached hydrogens (primary N) is 1. The second kappa shape index (κ2) is 5.71. The number of imidazole rings is 1. The van der Waals surface area contributed by atoms with Crippen LogP contribution < -0.4 is 10.6 Å². The highest BCUT2D eigenvalue weighted by atomic mass is 32.1. The average Bonchev–Trinajstić information content (AvgIpc) is 2.92. The fraction of sp³-hybridized carbons (Fsp3) is 0.615. The summed E-state index contributed by atoms with van der Waals surface area (Å²) in [5.41, 5.74) is 7.36. The minimum absolute atomic E-state index is 0.207. The van der Waals surface area contributed by atoms with E-state index in [1.807, 2.05) is 0 Å². The van der Waals surface area contributed by atoms with E-state index in [2.05, 4.69) is 41.8 Å². The molecule has 0 aliphatic rings. The molecule has 0 saturated heterocycles. The summed E-state index contributed by atoms with van der Waals surface area (Å²) < 4.78 is 2.18. The second-order valence-electron chi connectivity index (χ2n) is 4.73. The third-order valence-electron chi connectivity index (χ3n) is 3.24. The Labute approximate surface area is 112 Å². The lowest BCUT2D eigenvalue weighted by atomic mass is 10.1. The van der Waals surface area contributed by atoms with Crippen LogP contribution in [0.15, 0.2) is 11.6 Å². The Morgan fingerprint density at radius 2 is 2.28 bits per heavy atom. The summed E-state index contributed by atoms with van der Waals surface area (Å²) in [7, 11) is 2.11. The molecule has 0 aliphatic heterocycles. The van der Waals surface area contributed by atoms with Crippen molar-refractivity contribution in [2.24, 2.45) is 5.73 Å². The standard InChI is InChI=1S/C13H22N4S/c1-4-6-16(3)12-11(9-10(14)5-2)17-7-8-18-13(17)15-12/h7-8,10H,4-6,9,14H2,1-3H3. The van der Waals surface area contributed by atoms with E-state index >= 15 is 0 Å². The number of hydrogen-bond acceptors (Lipinski definition) is 4. The first-order chi connectivity index (χ1) is 8.67. The highest BCUT2D eigenvalue weighted by molar-refractivity contribution is 7.15. The molecular formula is C13H22N4S. The lowest BCUT2D eigenvalue weighted by Crippen LogP contribution is -2.25. The maximum absolute atomic E-state index is 6.11. The minimum atomic E-state index is 0.207. The van der Waals surface area contributed by atoms with Crippen molar-refractivity contribution in [1.82, 2.24) is 9.38 Å². The zero-order chi connectivity index (χ0) is 13.1. The number of anilines is 1. The van der Waals surface area contributed by atoms with Crippen molar-refractivity contribution < 1.29 is 0 Å². The Kier molecular flexibility index (Phi) is 4.24. The number of thiazole rings is 1. The Balaban J connectivity index is 2.37. The monoisotopic (exact) mass is 266 g/mol. The van der Waals surface area contributed by atoms with E-state index in [0.717, 1.165) is 36.6 Å². The van der Waals surface area contributed by atoms with Crippen molar-refractivity contribution in [2.45, 2.75) is 39.2 Å². The van der Waals surface area contributed by atoms with Crippen LogP contribution in [0.3, 0.4) is 0 Å². The molecule has 5 heteroatoms. The van der Waals surface area contributed by atoms with Crippen molar-refractivity contribution in [2.75, 3.05) is 18.5 Å². The van der Waals surface area contributed by atoms with Gasteiger partial charge in [0.25, 0.3) is 0 Å². The molecule has 0 amide bonds. The normalized spacial score (nSPS) is 13.1. The average molecular weight is 266 g/mol. The summed E-state index contributed by atoms with van der Waals surface area (Å²) in [5, 5.41) is 2.08. The first kappa shape index (κ1) is 13.4. The quantitative estimate of drug-likeness (QED) is 0.874. The SMILES string of the molecule is CCCN(C)c1nc2sccn2c1CC(N)CC. The van der Waals surface area contributed by atoms with Crippen LogP contribution in [0.4, 0.5) is 5.82 Å². The van der Waals surface area contributed by atoms with Crippen molar-refractivity contribution in [1.29, 1.82) is 0 Å². The molecule has 18 heavy (non-hydrogen) atoms. The lowest BCUT2D eigenvalue weighted by Gasteiger charge is -2.18. The van der Waals surface area contributed by atoms with E-state index in [1.54, 1.807) is 11.3 Å². The van der Waals surface area contributed by atoms with Crippen LogP contribution in [-0.4, -0.2) is 29.0 Å². The first-order valence-corrected chi connectivity index (χ1v) is 7.46. The Hall–Kier alpha value is -1.07. The van der Waals surface area contributed by atoms with E-state index in [0.29, 0.717) is 0 Å². The van der Waals surface area contributed by atoms with Gasteiger partial charge < -0.3 is 10.6 Å². The van der Waals surface area contributed by atoms with Gasteiger partial charge in [-0.05, 0) is 12.8 Å². The van der Waals surface area contributed by atoms with Gasteiger partial charge in [0.05, 0.1) is 5.69 Å². The zero-order valence-electron chi connectivity index (χ0n) is 11.4. The minimum Gasteiger partial charge on any atom is -0.358 e. The molecule has 0 aromatic carbocycles. The summed E-state index contributed by atoms with van der Waals surface area (Å²) in [6, 6.07) is 0.207. The smallest absolute Gasteiger partial charge is 0.195 e. The molecule has 0 bridgehead atoms. The second-order valence-corrected chi connectivity index (χ2v) is 5.60. The van der Waals surface area contributed by atoms with Gasteiger partial charge in [0.1, 0.15) is 0 Å². The summed E-state index contributed by atoms with van der Waals surface area (Å²) in [4.78, 5) is 8.03. The Morgan fingerprint density at radius 1 is 1.50 bits per heavy atom. The molecule has 2 rings (SSSR count). The number of rotatable bonds is 6. The summed E-state index contributed by atoms with van der Waals surface area (Å²) in [5.74, 6) is 1.09. The van der Waals surface area contributed by atoms with Crippen molar-refractivity contribution in [3.05, 3.63) is 17.3 Å². The van der Waals surface area contributed by atoms with Crippen molar-refractivity contribution in [3.8, 4) is 0 Å². The number of hydrogen-bond donors (Lipinski definition) is 1. The molecule has 0 radical (unpaired) electrons. The number of aromatic nitrogens is 2. The van der Waals surface area contributed by atoms with E-state index in [-0.39, 0.29) is 6.04 Å². The predicted octanol–water partition coefficient (Wildman–Crippen LogP) is 2.52. The van der Waals surface area contributed by atoms with E-state index in [9.17, 15) is 0 Å². The molecule has 4 nitrogen and oxygen atoms in total. The first-order valence-electron chi connectivity index (χ1n) is 6.58. The Bertz CT molecular complexity index is 502. The summed E-state index contributed by atoms with van der Waals surface area (Å²) >= 11 is 1.68. The third-order valence-corrected chi connectivity index (χ3v) is 4.00. The van der Waals surface area contributed by atoms with Gasteiger partial charge in [-0.15, -0.1) is 11.3 Å². The molecule has 0 spiro atoms. The van der Waals surface area contributed by atoms with Crippen LogP contribution >= 0.6 is 11.3 Å². The van der Waals surface area contributed by atoms with Gasteiger partial charge in [-0.1, -0.05) is 13.8 Å². The van der Waals surface area contributed by atoms with Crippen LogP contribution in [0.25, 0.3) is 4.96 Å². The molecule has 2 aromatic rings. The predicted molar refractivity (Wildman–Crippen MR) is 78.6 cm³/mol. The van der Waals surface area contributed by atoms with E-state index in [1.165, 1.54) is 5.69 Å². The van der Waals surface area contributed by atoms with Crippen LogP contribution in [0.2, 0.25) is 0 Å². The van der Waals surface area contributed by atoms with Gasteiger partial charge in [0, 0.05) is 37.6 Å². The van der Waals surface area contributed by atoms with Crippen LogP contribution in [0.1, 0.15) is 32.4 Å². The van der Waals surface area contributed by atoms with Crippen LogP contribution in [0.5, 0.6) is 0 Å². The largest absolute Gasteiger partial charge is 0.358 e. The molecule has 2 heterocycles. The van der Waals surface area contributed by atoms with Gasteiger partial charge in [-0.3, -0.25) is 4.40 Å². The van der Waals surface area contributed by atoms with Crippen molar-refractivity contribution in [3.63, 3.8) is 0 Å². The third kappa shape index (κ3) is 2.52. The lowest BCUT2D eigenvalue weighted by molar-refractivity contribution is 0.632. The van der Waals surface area contributed by atoms with Gasteiger partial charge >= 0.3 is 0 Å². The summed E-state index contributed by atoms with van der Waals surface area (Å²) in [6.07, 6.45) is 5.10. The van der Waals surface area contributed by atoms with Crippen LogP contribution in [-0.2, 0) is 6.42 Å². The molecule has 0 fully saturated rings. The van der Waals surface area contributed by atoms with Gasteiger partial charge in [0.15, 0.2) is 10.8 Å². The molecule has 1 atom stereocenters. The number of fused-ring (bicyclic) bond motifs is 1. The molecule has 0 saturated carbocycles.